The number of hydrogen-bond acceptors (Lipinski definition) is 4. The van der Waals surface area contributed by atoms with Gasteiger partial charge in [0.15, 0.2) is 0 Å². The van der Waals surface area contributed by atoms with Gasteiger partial charge in [0.1, 0.15) is 6.61 Å². The van der Waals surface area contributed by atoms with Crippen molar-refractivity contribution >= 4 is 11.9 Å². The quantitative estimate of drug-likeness (QED) is 0.775. The van der Waals surface area contributed by atoms with E-state index in [4.69, 9.17) is 9.47 Å². The first-order valence-electron chi connectivity index (χ1n) is 9.77. The maximum Gasteiger partial charge on any atom is 0.310 e. The lowest BCUT2D eigenvalue weighted by Crippen LogP contribution is -2.51. The maximum absolute atomic E-state index is 13.0. The van der Waals surface area contributed by atoms with Crippen molar-refractivity contribution in [3.63, 3.8) is 0 Å². The van der Waals surface area contributed by atoms with Crippen LogP contribution in [0, 0.1) is 11.8 Å². The van der Waals surface area contributed by atoms with Gasteiger partial charge in [-0.2, -0.15) is 0 Å². The lowest BCUT2D eigenvalue weighted by molar-refractivity contribution is -0.166. The zero-order valence-corrected chi connectivity index (χ0v) is 15.6. The van der Waals surface area contributed by atoms with E-state index >= 15 is 0 Å². The summed E-state index contributed by atoms with van der Waals surface area (Å²) >= 11 is 0. The van der Waals surface area contributed by atoms with Crippen molar-refractivity contribution in [1.82, 2.24) is 0 Å². The molecule has 1 N–H and O–H groups in total. The lowest BCUT2D eigenvalue weighted by atomic mass is 9.52. The average Bonchev–Trinajstić information content (AvgIpc) is 3.21. The molecule has 0 spiro atoms. The highest BCUT2D eigenvalue weighted by Gasteiger charge is 2.59. The summed E-state index contributed by atoms with van der Waals surface area (Å²) in [6.45, 7) is 0.933. The third-order valence-electron chi connectivity index (χ3n) is 5.91. The fourth-order valence-electron chi connectivity index (χ4n) is 4.58. The molecule has 5 heteroatoms. The Morgan fingerprint density at radius 3 is 1.96 bits per heavy atom. The molecule has 1 saturated carbocycles. The van der Waals surface area contributed by atoms with Crippen LogP contribution in [0.5, 0.6) is 0 Å². The molecule has 2 aliphatic rings. The van der Waals surface area contributed by atoms with E-state index in [0.29, 0.717) is 6.61 Å². The van der Waals surface area contributed by atoms with E-state index in [1.54, 1.807) is 0 Å². The van der Waals surface area contributed by atoms with E-state index in [1.165, 1.54) is 0 Å². The average molecular weight is 380 g/mol. The summed E-state index contributed by atoms with van der Waals surface area (Å²) in [7, 11) is 0. The molecule has 3 unspecified atom stereocenters. The zero-order chi connectivity index (χ0) is 19.5. The van der Waals surface area contributed by atoms with Crippen LogP contribution in [0.3, 0.4) is 0 Å². The molecule has 2 aromatic carbocycles. The van der Waals surface area contributed by atoms with Gasteiger partial charge in [0.25, 0.3) is 0 Å². The number of carbonyl (C=O) groups excluding carboxylic acids is 1. The lowest BCUT2D eigenvalue weighted by Gasteiger charge is -2.49. The summed E-state index contributed by atoms with van der Waals surface area (Å²) in [6.07, 6.45) is 1.82. The van der Waals surface area contributed by atoms with Crippen LogP contribution >= 0.6 is 0 Å². The highest BCUT2D eigenvalue weighted by atomic mass is 16.6. The molecule has 0 bridgehead atoms. The molecule has 2 fully saturated rings. The van der Waals surface area contributed by atoms with Gasteiger partial charge in [-0.1, -0.05) is 60.7 Å². The molecule has 4 rings (SSSR count). The molecule has 28 heavy (non-hydrogen) atoms. The Hall–Kier alpha value is -2.66. The number of aliphatic carboxylic acids is 1. The summed E-state index contributed by atoms with van der Waals surface area (Å²) < 4.78 is 11.2. The van der Waals surface area contributed by atoms with Crippen LogP contribution in [0.25, 0.3) is 0 Å². The van der Waals surface area contributed by atoms with Crippen LogP contribution in [0.4, 0.5) is 0 Å². The van der Waals surface area contributed by atoms with E-state index in [0.717, 1.165) is 24.0 Å². The Labute approximate surface area is 164 Å². The number of benzene rings is 2. The predicted octanol–water partition coefficient (Wildman–Crippen LogP) is 3.61. The molecule has 1 aliphatic heterocycles. The molecule has 1 saturated heterocycles. The normalized spacial score (nSPS) is 29.1. The van der Waals surface area contributed by atoms with Gasteiger partial charge < -0.3 is 14.6 Å². The van der Waals surface area contributed by atoms with Gasteiger partial charge in [-0.25, -0.2) is 0 Å². The van der Waals surface area contributed by atoms with Crippen LogP contribution in [0.15, 0.2) is 60.7 Å². The summed E-state index contributed by atoms with van der Waals surface area (Å²) in [5.41, 5.74) is 1.72. The molecular weight excluding hydrogens is 356 g/mol. The third-order valence-corrected chi connectivity index (χ3v) is 5.91. The number of rotatable bonds is 6. The van der Waals surface area contributed by atoms with Crippen LogP contribution in [0.2, 0.25) is 0 Å². The molecule has 0 amide bonds. The first kappa shape index (κ1) is 18.7. The molecule has 0 aromatic heterocycles. The van der Waals surface area contributed by atoms with Gasteiger partial charge in [0.05, 0.1) is 17.9 Å². The minimum Gasteiger partial charge on any atom is -0.481 e. The van der Waals surface area contributed by atoms with E-state index < -0.39 is 29.6 Å². The molecule has 3 atom stereocenters. The maximum atomic E-state index is 13.0. The highest BCUT2D eigenvalue weighted by molar-refractivity contribution is 5.84. The van der Waals surface area contributed by atoms with Crippen molar-refractivity contribution < 1.29 is 24.2 Å². The van der Waals surface area contributed by atoms with E-state index in [2.05, 4.69) is 0 Å². The Bertz CT molecular complexity index is 766. The summed E-state index contributed by atoms with van der Waals surface area (Å²) in [6, 6.07) is 18.8. The molecule has 5 nitrogen and oxygen atoms in total. The Morgan fingerprint density at radius 1 is 0.929 bits per heavy atom. The van der Waals surface area contributed by atoms with Gasteiger partial charge in [-0.3, -0.25) is 9.59 Å². The van der Waals surface area contributed by atoms with Crippen LogP contribution in [-0.4, -0.2) is 36.4 Å². The molecule has 1 aliphatic carbocycles. The van der Waals surface area contributed by atoms with Crippen molar-refractivity contribution in [2.75, 3.05) is 13.2 Å². The molecule has 1 heterocycles. The zero-order valence-electron chi connectivity index (χ0n) is 15.6. The van der Waals surface area contributed by atoms with Gasteiger partial charge in [0, 0.05) is 18.4 Å². The first-order chi connectivity index (χ1) is 13.7. The number of carboxylic acid groups (broad SMARTS) is 1. The number of hydrogen-bond donors (Lipinski definition) is 1. The van der Waals surface area contributed by atoms with Crippen LogP contribution < -0.4 is 0 Å². The van der Waals surface area contributed by atoms with E-state index in [1.807, 2.05) is 60.7 Å². The fourth-order valence-corrected chi connectivity index (χ4v) is 4.58. The molecule has 146 valence electrons. The minimum absolute atomic E-state index is 0.0513. The van der Waals surface area contributed by atoms with Crippen molar-refractivity contribution in [2.45, 2.75) is 30.8 Å². The number of ether oxygens (including phenoxy) is 2. The SMILES string of the molecule is O=C(O)C1C(c2ccccc2)C(C(=O)OCC2CCCO2)C1c1ccccc1. The van der Waals surface area contributed by atoms with Gasteiger partial charge in [-0.05, 0) is 24.0 Å². The number of esters is 1. The fraction of sp³-hybridized carbons (Fsp3) is 0.391. The highest BCUT2D eigenvalue weighted by Crippen LogP contribution is 2.58. The first-order valence-corrected chi connectivity index (χ1v) is 9.77. The minimum atomic E-state index is -0.883. The van der Waals surface area contributed by atoms with Crippen LogP contribution in [-0.2, 0) is 19.1 Å². The molecule has 0 radical (unpaired) electrons. The topological polar surface area (TPSA) is 72.8 Å². The summed E-state index contributed by atoms with van der Waals surface area (Å²) in [5.74, 6) is -3.21. The number of carboxylic acids is 1. The largest absolute Gasteiger partial charge is 0.481 e. The monoisotopic (exact) mass is 380 g/mol. The van der Waals surface area contributed by atoms with Gasteiger partial charge in [-0.15, -0.1) is 0 Å². The second kappa shape index (κ2) is 8.15. The number of carbonyl (C=O) groups is 2. The van der Waals surface area contributed by atoms with Crippen molar-refractivity contribution in [2.24, 2.45) is 11.8 Å². The van der Waals surface area contributed by atoms with Gasteiger partial charge >= 0.3 is 11.9 Å². The standard InChI is InChI=1S/C23H24O5/c24-22(25)20-18(15-8-3-1-4-9-15)21(19(20)16-10-5-2-6-11-16)23(26)28-14-17-12-7-13-27-17/h1-6,8-11,17-21H,7,12-14H2,(H,24,25). The Kier molecular flexibility index (Phi) is 5.44. The third kappa shape index (κ3) is 3.54. The van der Waals surface area contributed by atoms with Crippen LogP contribution in [0.1, 0.15) is 35.8 Å². The Morgan fingerprint density at radius 2 is 1.50 bits per heavy atom. The summed E-state index contributed by atoms with van der Waals surface area (Å²) in [4.78, 5) is 25.2. The second-order valence-electron chi connectivity index (χ2n) is 7.53. The molecule has 2 aromatic rings. The smallest absolute Gasteiger partial charge is 0.310 e. The van der Waals surface area contributed by atoms with Crippen molar-refractivity contribution in [3.8, 4) is 0 Å². The molecular formula is C23H24O5. The Balaban J connectivity index is 1.62. The second-order valence-corrected chi connectivity index (χ2v) is 7.53. The van der Waals surface area contributed by atoms with Gasteiger partial charge in [0.2, 0.25) is 0 Å². The van der Waals surface area contributed by atoms with Crippen molar-refractivity contribution in [3.05, 3.63) is 71.8 Å². The summed E-state index contributed by atoms with van der Waals surface area (Å²) in [5, 5.41) is 9.93. The van der Waals surface area contributed by atoms with Crippen molar-refractivity contribution in [1.29, 1.82) is 0 Å². The van der Waals surface area contributed by atoms with E-state index in [-0.39, 0.29) is 18.7 Å². The van der Waals surface area contributed by atoms with E-state index in [9.17, 15) is 14.7 Å². The predicted molar refractivity (Wildman–Crippen MR) is 103 cm³/mol.